The summed E-state index contributed by atoms with van der Waals surface area (Å²) in [6, 6.07) is 4.33. The van der Waals surface area contributed by atoms with Crippen molar-refractivity contribution in [2.45, 2.75) is 51.7 Å². The lowest BCUT2D eigenvalue weighted by molar-refractivity contribution is -0.142. The largest absolute Gasteiger partial charge is 0.495 e. The molecule has 23 heavy (non-hydrogen) atoms. The Morgan fingerprint density at radius 1 is 1.26 bits per heavy atom. The van der Waals surface area contributed by atoms with Crippen LogP contribution in [-0.2, 0) is 17.8 Å². The molecule has 0 radical (unpaired) electrons. The van der Waals surface area contributed by atoms with Crippen LogP contribution in [0.15, 0.2) is 12.1 Å². The Bertz CT molecular complexity index is 603. The van der Waals surface area contributed by atoms with Gasteiger partial charge in [-0.25, -0.2) is 0 Å². The standard InChI is InChI=1S/C18H25ClN2O2/c1-12(2)21-7-4-5-16(18(21)22)20-8-6-13-10-17(23-3)15(19)9-14(13)11-20/h9-10,12,16H,4-8,11H2,1-3H3. The highest BCUT2D eigenvalue weighted by Gasteiger charge is 2.35. The first kappa shape index (κ1) is 16.6. The number of fused-ring (bicyclic) bond motifs is 1. The van der Waals surface area contributed by atoms with Crippen LogP contribution in [0.4, 0.5) is 0 Å². The molecule has 0 N–H and O–H groups in total. The van der Waals surface area contributed by atoms with Crippen molar-refractivity contribution in [3.05, 3.63) is 28.3 Å². The number of methoxy groups -OCH3 is 1. The smallest absolute Gasteiger partial charge is 0.240 e. The minimum Gasteiger partial charge on any atom is -0.495 e. The lowest BCUT2D eigenvalue weighted by atomic mass is 9.95. The van der Waals surface area contributed by atoms with E-state index in [0.29, 0.717) is 5.02 Å². The molecule has 2 aliphatic heterocycles. The zero-order chi connectivity index (χ0) is 16.6. The first-order valence-corrected chi connectivity index (χ1v) is 8.79. The number of rotatable bonds is 3. The normalized spacial score (nSPS) is 22.4. The van der Waals surface area contributed by atoms with Gasteiger partial charge in [0.25, 0.3) is 0 Å². The zero-order valence-electron chi connectivity index (χ0n) is 14.1. The average molecular weight is 337 g/mol. The molecule has 1 aromatic carbocycles. The number of benzene rings is 1. The number of amides is 1. The summed E-state index contributed by atoms with van der Waals surface area (Å²) in [5.41, 5.74) is 2.50. The molecule has 0 aromatic heterocycles. The number of nitrogens with zero attached hydrogens (tertiary/aromatic N) is 2. The second-order valence-corrected chi connectivity index (χ2v) is 7.17. The molecule has 1 fully saturated rings. The molecule has 1 atom stereocenters. The Kier molecular flexibility index (Phi) is 4.83. The van der Waals surface area contributed by atoms with E-state index in [4.69, 9.17) is 16.3 Å². The van der Waals surface area contributed by atoms with E-state index in [2.05, 4.69) is 18.7 Å². The number of piperidine rings is 1. The van der Waals surface area contributed by atoms with Gasteiger partial charge in [-0.2, -0.15) is 0 Å². The lowest BCUT2D eigenvalue weighted by Crippen LogP contribution is -2.55. The van der Waals surface area contributed by atoms with Gasteiger partial charge in [0, 0.05) is 25.7 Å². The van der Waals surface area contributed by atoms with Crippen molar-refractivity contribution >= 4 is 17.5 Å². The molecule has 3 rings (SSSR count). The van der Waals surface area contributed by atoms with Crippen LogP contribution in [0.3, 0.4) is 0 Å². The molecule has 0 aliphatic carbocycles. The Balaban J connectivity index is 1.79. The van der Waals surface area contributed by atoms with E-state index in [1.54, 1.807) is 7.11 Å². The fourth-order valence-electron chi connectivity index (χ4n) is 3.73. The van der Waals surface area contributed by atoms with Crippen molar-refractivity contribution in [3.8, 4) is 5.75 Å². The molecule has 2 aliphatic rings. The van der Waals surface area contributed by atoms with Crippen LogP contribution in [-0.4, -0.2) is 48.0 Å². The average Bonchev–Trinajstić information content (AvgIpc) is 2.53. The predicted octanol–water partition coefficient (Wildman–Crippen LogP) is 3.11. The second kappa shape index (κ2) is 6.70. The summed E-state index contributed by atoms with van der Waals surface area (Å²) in [5, 5.41) is 0.645. The molecule has 2 heterocycles. The van der Waals surface area contributed by atoms with Gasteiger partial charge in [-0.1, -0.05) is 11.6 Å². The topological polar surface area (TPSA) is 32.8 Å². The van der Waals surface area contributed by atoms with Crippen molar-refractivity contribution in [2.75, 3.05) is 20.2 Å². The maximum Gasteiger partial charge on any atom is 0.240 e. The fraction of sp³-hybridized carbons (Fsp3) is 0.611. The summed E-state index contributed by atoms with van der Waals surface area (Å²) in [4.78, 5) is 17.1. The molecule has 1 saturated heterocycles. The van der Waals surface area contributed by atoms with Gasteiger partial charge >= 0.3 is 0 Å². The van der Waals surface area contributed by atoms with Crippen LogP contribution in [0.25, 0.3) is 0 Å². The number of hydrogen-bond donors (Lipinski definition) is 0. The van der Waals surface area contributed by atoms with Crippen molar-refractivity contribution in [1.82, 2.24) is 9.80 Å². The lowest BCUT2D eigenvalue weighted by Gasteiger charge is -2.42. The zero-order valence-corrected chi connectivity index (χ0v) is 14.9. The number of carbonyl (C=O) groups is 1. The first-order chi connectivity index (χ1) is 11.0. The van der Waals surface area contributed by atoms with Gasteiger partial charge in [0.1, 0.15) is 5.75 Å². The maximum atomic E-state index is 12.8. The third kappa shape index (κ3) is 3.20. The van der Waals surface area contributed by atoms with Crippen molar-refractivity contribution in [2.24, 2.45) is 0 Å². The third-order valence-corrected chi connectivity index (χ3v) is 5.32. The summed E-state index contributed by atoms with van der Waals surface area (Å²) >= 11 is 6.27. The Labute approximate surface area is 143 Å². The van der Waals surface area contributed by atoms with E-state index < -0.39 is 0 Å². The number of ether oxygens (including phenoxy) is 1. The number of halogens is 1. The molecule has 0 saturated carbocycles. The molecule has 1 amide bonds. The van der Waals surface area contributed by atoms with E-state index in [9.17, 15) is 4.79 Å². The molecule has 1 aromatic rings. The summed E-state index contributed by atoms with van der Waals surface area (Å²) in [6.07, 6.45) is 2.98. The van der Waals surface area contributed by atoms with E-state index in [-0.39, 0.29) is 18.0 Å². The highest BCUT2D eigenvalue weighted by atomic mass is 35.5. The van der Waals surface area contributed by atoms with E-state index in [1.807, 2.05) is 17.0 Å². The molecular weight excluding hydrogens is 312 g/mol. The second-order valence-electron chi connectivity index (χ2n) is 6.76. The molecule has 126 valence electrons. The van der Waals surface area contributed by atoms with Crippen molar-refractivity contribution in [3.63, 3.8) is 0 Å². The minimum absolute atomic E-state index is 0.0141. The van der Waals surface area contributed by atoms with Gasteiger partial charge in [0.15, 0.2) is 0 Å². The van der Waals surface area contributed by atoms with Crippen LogP contribution in [0.5, 0.6) is 5.75 Å². The third-order valence-electron chi connectivity index (χ3n) is 5.02. The molecule has 1 unspecified atom stereocenters. The van der Waals surface area contributed by atoms with Crippen LogP contribution >= 0.6 is 11.6 Å². The van der Waals surface area contributed by atoms with Gasteiger partial charge in [-0.05, 0) is 56.4 Å². The highest BCUT2D eigenvalue weighted by molar-refractivity contribution is 6.32. The molecule has 0 bridgehead atoms. The van der Waals surface area contributed by atoms with Gasteiger partial charge in [-0.15, -0.1) is 0 Å². The first-order valence-electron chi connectivity index (χ1n) is 8.41. The summed E-state index contributed by atoms with van der Waals surface area (Å²) in [5.74, 6) is 1.02. The Morgan fingerprint density at radius 2 is 2.04 bits per heavy atom. The molecule has 5 heteroatoms. The summed E-state index contributed by atoms with van der Waals surface area (Å²) in [6.45, 7) is 6.79. The monoisotopic (exact) mass is 336 g/mol. The van der Waals surface area contributed by atoms with E-state index >= 15 is 0 Å². The highest BCUT2D eigenvalue weighted by Crippen LogP contribution is 2.33. The predicted molar refractivity (Wildman–Crippen MR) is 92.0 cm³/mol. The summed E-state index contributed by atoms with van der Waals surface area (Å²) < 4.78 is 5.31. The number of carbonyl (C=O) groups excluding carboxylic acids is 1. The molecular formula is C18H25ClN2O2. The summed E-state index contributed by atoms with van der Waals surface area (Å²) in [7, 11) is 1.64. The minimum atomic E-state index is 0.0141. The van der Waals surface area contributed by atoms with Crippen molar-refractivity contribution < 1.29 is 9.53 Å². The maximum absolute atomic E-state index is 12.8. The fourth-order valence-corrected chi connectivity index (χ4v) is 4.00. The van der Waals surface area contributed by atoms with Crippen LogP contribution < -0.4 is 4.74 Å². The van der Waals surface area contributed by atoms with Gasteiger partial charge in [0.2, 0.25) is 5.91 Å². The Morgan fingerprint density at radius 3 is 2.74 bits per heavy atom. The molecule has 4 nitrogen and oxygen atoms in total. The van der Waals surface area contributed by atoms with Gasteiger partial charge in [-0.3, -0.25) is 9.69 Å². The number of likely N-dealkylation sites (tertiary alicyclic amines) is 1. The van der Waals surface area contributed by atoms with Crippen LogP contribution in [0.1, 0.15) is 37.8 Å². The Hall–Kier alpha value is -1.26. The number of hydrogen-bond acceptors (Lipinski definition) is 3. The van der Waals surface area contributed by atoms with Crippen molar-refractivity contribution in [1.29, 1.82) is 0 Å². The SMILES string of the molecule is COc1cc2c(cc1Cl)CN(C1CCCN(C(C)C)C1=O)CC2. The van der Waals surface area contributed by atoms with Crippen LogP contribution in [0, 0.1) is 0 Å². The quantitative estimate of drug-likeness (QED) is 0.850. The molecule has 0 spiro atoms. The van der Waals surface area contributed by atoms with Gasteiger partial charge in [0.05, 0.1) is 18.2 Å². The van der Waals surface area contributed by atoms with E-state index in [0.717, 1.165) is 44.6 Å². The van der Waals surface area contributed by atoms with Gasteiger partial charge < -0.3 is 9.64 Å². The van der Waals surface area contributed by atoms with Crippen LogP contribution in [0.2, 0.25) is 5.02 Å². The van der Waals surface area contributed by atoms with E-state index in [1.165, 1.54) is 11.1 Å².